The Hall–Kier alpha value is -0.910. The van der Waals surface area contributed by atoms with Gasteiger partial charge in [-0.25, -0.2) is 0 Å². The second-order valence-electron chi connectivity index (χ2n) is 14.3. The smallest absolute Gasteiger partial charge is 0.0543 e. The normalized spacial score (nSPS) is 28.1. The van der Waals surface area contributed by atoms with E-state index in [0.717, 1.165) is 23.3 Å². The molecule has 1 saturated carbocycles. The Labute approximate surface area is 235 Å². The molecule has 38 heavy (non-hydrogen) atoms. The van der Waals surface area contributed by atoms with Crippen molar-refractivity contribution >= 4 is 0 Å². The summed E-state index contributed by atoms with van der Waals surface area (Å²) >= 11 is 0. The topological polar surface area (TPSA) is 27.5 Å². The zero-order valence-electron chi connectivity index (χ0n) is 26.0. The lowest BCUT2D eigenvalue weighted by molar-refractivity contribution is 0.0390. The van der Waals surface area contributed by atoms with E-state index in [-0.39, 0.29) is 0 Å². The lowest BCUT2D eigenvalue weighted by atomic mass is 9.71. The molecule has 0 aromatic carbocycles. The van der Waals surface area contributed by atoms with Gasteiger partial charge < -0.3 is 14.7 Å². The fourth-order valence-corrected chi connectivity index (χ4v) is 7.60. The summed E-state index contributed by atoms with van der Waals surface area (Å²) in [4.78, 5) is 7.94. The molecule has 0 radical (unpaired) electrons. The average Bonchev–Trinajstić information content (AvgIpc) is 3.43. The zero-order valence-corrected chi connectivity index (χ0v) is 26.0. The molecule has 0 amide bonds. The van der Waals surface area contributed by atoms with Crippen molar-refractivity contribution < 1.29 is 0 Å². The van der Waals surface area contributed by atoms with Crippen LogP contribution in [0, 0.1) is 17.3 Å². The van der Waals surface area contributed by atoms with E-state index in [1.54, 1.807) is 0 Å². The van der Waals surface area contributed by atoms with Gasteiger partial charge in [-0.05, 0) is 126 Å². The zero-order chi connectivity index (χ0) is 27.1. The minimum absolute atomic E-state index is 0.586. The van der Waals surface area contributed by atoms with Gasteiger partial charge in [-0.2, -0.15) is 5.10 Å². The molecule has 0 bridgehead atoms. The Kier molecular flexibility index (Phi) is 11.2. The van der Waals surface area contributed by atoms with Crippen LogP contribution in [0.15, 0.2) is 12.4 Å². The second kappa shape index (κ2) is 14.1. The average molecular weight is 528 g/mol. The molecule has 0 atom stereocenters. The van der Waals surface area contributed by atoms with Crippen LogP contribution in [-0.4, -0.2) is 83.4 Å². The van der Waals surface area contributed by atoms with Crippen molar-refractivity contribution in [2.75, 3.05) is 52.9 Å². The number of hydrogen-bond acceptors (Lipinski definition) is 4. The van der Waals surface area contributed by atoms with Crippen molar-refractivity contribution in [1.82, 2.24) is 24.5 Å². The van der Waals surface area contributed by atoms with Crippen LogP contribution < -0.4 is 0 Å². The summed E-state index contributed by atoms with van der Waals surface area (Å²) < 4.78 is 2.24. The molecule has 4 heterocycles. The maximum absolute atomic E-state index is 4.62. The van der Waals surface area contributed by atoms with Gasteiger partial charge in [-0.3, -0.25) is 4.68 Å². The van der Waals surface area contributed by atoms with E-state index in [1.807, 2.05) is 0 Å². The van der Waals surface area contributed by atoms with E-state index in [2.05, 4.69) is 78.5 Å². The number of aromatic nitrogens is 2. The summed E-state index contributed by atoms with van der Waals surface area (Å²) in [5, 5.41) is 4.62. The molecule has 1 spiro atoms. The summed E-state index contributed by atoms with van der Waals surface area (Å²) in [6, 6.07) is 1.49. The molecule has 218 valence electrons. The van der Waals surface area contributed by atoms with E-state index >= 15 is 0 Å². The van der Waals surface area contributed by atoms with Crippen LogP contribution in [-0.2, 0) is 0 Å². The highest BCUT2D eigenvalue weighted by atomic mass is 15.3. The van der Waals surface area contributed by atoms with Gasteiger partial charge in [0, 0.05) is 31.9 Å². The van der Waals surface area contributed by atoms with Crippen molar-refractivity contribution in [3.63, 3.8) is 0 Å². The van der Waals surface area contributed by atoms with E-state index in [9.17, 15) is 0 Å². The van der Waals surface area contributed by atoms with E-state index in [1.165, 1.54) is 122 Å². The lowest BCUT2D eigenvalue weighted by Crippen LogP contribution is -2.46. The monoisotopic (exact) mass is 527 g/mol. The van der Waals surface area contributed by atoms with E-state index in [0.29, 0.717) is 12.0 Å². The highest BCUT2D eigenvalue weighted by Crippen LogP contribution is 2.41. The van der Waals surface area contributed by atoms with Gasteiger partial charge in [0.2, 0.25) is 0 Å². The van der Waals surface area contributed by atoms with Crippen LogP contribution in [0.3, 0.4) is 0 Å². The molecule has 3 aliphatic heterocycles. The molecule has 4 aliphatic rings. The molecule has 5 rings (SSSR count). The quantitative estimate of drug-likeness (QED) is 0.396. The summed E-state index contributed by atoms with van der Waals surface area (Å²) in [7, 11) is 2.26. The van der Waals surface area contributed by atoms with Crippen LogP contribution in [0.25, 0.3) is 0 Å². The van der Waals surface area contributed by atoms with Crippen molar-refractivity contribution in [3.8, 4) is 0 Å². The van der Waals surface area contributed by atoms with Crippen molar-refractivity contribution in [2.45, 2.75) is 123 Å². The second-order valence-corrected chi connectivity index (χ2v) is 14.3. The van der Waals surface area contributed by atoms with Gasteiger partial charge in [0.15, 0.2) is 0 Å². The van der Waals surface area contributed by atoms with E-state index < -0.39 is 0 Å². The highest BCUT2D eigenvalue weighted by molar-refractivity contribution is 5.09. The molecule has 1 aromatic rings. The molecule has 3 saturated heterocycles. The third-order valence-electron chi connectivity index (χ3n) is 10.7. The Bertz CT molecular complexity index is 782. The van der Waals surface area contributed by atoms with Gasteiger partial charge >= 0.3 is 0 Å². The summed E-state index contributed by atoms with van der Waals surface area (Å²) in [5.74, 6) is 2.42. The van der Waals surface area contributed by atoms with Gasteiger partial charge in [-0.15, -0.1) is 0 Å². The first-order valence-corrected chi connectivity index (χ1v) is 16.5. The molecule has 1 aliphatic carbocycles. The fraction of sp³-hybridized carbons (Fsp3) is 0.909. The third-order valence-corrected chi connectivity index (χ3v) is 10.7. The van der Waals surface area contributed by atoms with Crippen LogP contribution in [0.5, 0.6) is 0 Å². The van der Waals surface area contributed by atoms with Gasteiger partial charge in [0.1, 0.15) is 0 Å². The van der Waals surface area contributed by atoms with Crippen LogP contribution in [0.2, 0.25) is 0 Å². The Morgan fingerprint density at radius 1 is 0.816 bits per heavy atom. The molecule has 0 unspecified atom stereocenters. The highest BCUT2D eigenvalue weighted by Gasteiger charge is 2.36. The first-order valence-electron chi connectivity index (χ1n) is 16.5. The largest absolute Gasteiger partial charge is 0.306 e. The summed E-state index contributed by atoms with van der Waals surface area (Å²) in [5.41, 5.74) is 2.10. The van der Waals surface area contributed by atoms with Crippen molar-refractivity contribution in [3.05, 3.63) is 18.0 Å². The molecule has 1 aromatic heterocycles. The van der Waals surface area contributed by atoms with Crippen molar-refractivity contribution in [2.24, 2.45) is 17.3 Å². The van der Waals surface area contributed by atoms with Gasteiger partial charge in [0.25, 0.3) is 0 Å². The van der Waals surface area contributed by atoms with Gasteiger partial charge in [-0.1, -0.05) is 41.0 Å². The molecule has 0 N–H and O–H groups in total. The lowest BCUT2D eigenvalue weighted by Gasteiger charge is -2.46. The third kappa shape index (κ3) is 8.30. The van der Waals surface area contributed by atoms with Crippen LogP contribution >= 0.6 is 0 Å². The number of piperidine rings is 3. The SMILES string of the molecule is CC(C)CN1CCC2(CCN(C)CC2)CC1.CCC1CCC(N2CCC(n3cc(C(C)C)cn3)CC2)CC1. The maximum Gasteiger partial charge on any atom is 0.0543 e. The summed E-state index contributed by atoms with van der Waals surface area (Å²) in [6.07, 6.45) is 19.8. The predicted octanol–water partition coefficient (Wildman–Crippen LogP) is 7.06. The fourth-order valence-electron chi connectivity index (χ4n) is 7.60. The van der Waals surface area contributed by atoms with E-state index in [4.69, 9.17) is 0 Å². The molecular weight excluding hydrogens is 466 g/mol. The predicted molar refractivity (Wildman–Crippen MR) is 162 cm³/mol. The first kappa shape index (κ1) is 30.1. The summed E-state index contributed by atoms with van der Waals surface area (Å²) in [6.45, 7) is 20.7. The Morgan fingerprint density at radius 3 is 1.95 bits per heavy atom. The Morgan fingerprint density at radius 2 is 1.42 bits per heavy atom. The minimum Gasteiger partial charge on any atom is -0.306 e. The Balaban J connectivity index is 0.000000186. The standard InChI is InChI=1S/C19H33N3.C14H28N2/c1-4-16-5-7-18(8-6-16)21-11-9-19(10-12-21)22-14-17(13-20-22)15(2)3;1-13(2)12-16-10-6-14(7-11-16)4-8-15(3)9-5-14/h13-16,18-19H,4-12H2,1-3H3;13H,4-12H2,1-3H3. The van der Waals surface area contributed by atoms with Crippen LogP contribution in [0.4, 0.5) is 0 Å². The molecular formula is C33H61N5. The number of likely N-dealkylation sites (tertiary alicyclic amines) is 3. The van der Waals surface area contributed by atoms with Gasteiger partial charge in [0.05, 0.1) is 12.2 Å². The molecule has 5 heteroatoms. The number of hydrogen-bond donors (Lipinski definition) is 0. The number of rotatable bonds is 6. The molecule has 5 nitrogen and oxygen atoms in total. The maximum atomic E-state index is 4.62. The first-order chi connectivity index (χ1) is 18.3. The minimum atomic E-state index is 0.586. The number of nitrogens with zero attached hydrogens (tertiary/aromatic N) is 5. The molecule has 4 fully saturated rings. The van der Waals surface area contributed by atoms with Crippen LogP contribution in [0.1, 0.15) is 123 Å². The van der Waals surface area contributed by atoms with Crippen molar-refractivity contribution in [1.29, 1.82) is 0 Å².